The molecule has 1 unspecified atom stereocenters. The van der Waals surface area contributed by atoms with Crippen molar-refractivity contribution in [3.63, 3.8) is 0 Å². The number of aliphatic hydroxyl groups excluding tert-OH is 1. The molecule has 4 nitrogen and oxygen atoms in total. The van der Waals surface area contributed by atoms with Crippen LogP contribution in [0.5, 0.6) is 0 Å². The topological polar surface area (TPSA) is 58.0 Å². The first-order valence-corrected chi connectivity index (χ1v) is 4.85. The maximum absolute atomic E-state index is 8.99. The summed E-state index contributed by atoms with van der Waals surface area (Å²) in [4.78, 5) is 8.42. The van der Waals surface area contributed by atoms with Crippen LogP contribution in [0.1, 0.15) is 24.6 Å². The second kappa shape index (κ2) is 4.91. The molecule has 0 saturated carbocycles. The molecule has 0 aromatic carbocycles. The Morgan fingerprint density at radius 2 is 2.21 bits per heavy atom. The van der Waals surface area contributed by atoms with Crippen molar-refractivity contribution in [2.24, 2.45) is 0 Å². The second-order valence-corrected chi connectivity index (χ2v) is 3.39. The van der Waals surface area contributed by atoms with Crippen LogP contribution < -0.4 is 5.32 Å². The van der Waals surface area contributed by atoms with Crippen molar-refractivity contribution in [1.82, 2.24) is 9.97 Å². The normalized spacial score (nSPS) is 12.6. The lowest BCUT2D eigenvalue weighted by Gasteiger charge is -2.14. The van der Waals surface area contributed by atoms with Gasteiger partial charge in [-0.25, -0.2) is 9.97 Å². The van der Waals surface area contributed by atoms with Crippen LogP contribution in [0.25, 0.3) is 0 Å². The first kappa shape index (κ1) is 10.9. The van der Waals surface area contributed by atoms with E-state index >= 15 is 0 Å². The standard InChI is InChI=1S/C10H17N3O/c1-4-9(6-14)13-10-11-5-7(2)8(3)12-10/h5,9,14H,4,6H2,1-3H3,(H,11,12,13). The molecule has 0 amide bonds. The van der Waals surface area contributed by atoms with E-state index in [2.05, 4.69) is 15.3 Å². The molecule has 1 rings (SSSR count). The molecule has 2 N–H and O–H groups in total. The predicted molar refractivity (Wildman–Crippen MR) is 56.3 cm³/mol. The summed E-state index contributed by atoms with van der Waals surface area (Å²) in [5.41, 5.74) is 2.04. The molecule has 0 spiro atoms. The van der Waals surface area contributed by atoms with E-state index in [1.54, 1.807) is 6.20 Å². The number of aliphatic hydroxyl groups is 1. The number of nitrogens with one attached hydrogen (secondary N) is 1. The zero-order valence-corrected chi connectivity index (χ0v) is 8.91. The maximum Gasteiger partial charge on any atom is 0.223 e. The summed E-state index contributed by atoms with van der Waals surface area (Å²) in [6.45, 7) is 6.03. The Bertz CT molecular complexity index is 297. The third kappa shape index (κ3) is 2.67. The summed E-state index contributed by atoms with van der Waals surface area (Å²) in [7, 11) is 0. The molecule has 0 aliphatic carbocycles. The van der Waals surface area contributed by atoms with Gasteiger partial charge in [0.2, 0.25) is 5.95 Å². The molecule has 0 radical (unpaired) electrons. The van der Waals surface area contributed by atoms with E-state index in [9.17, 15) is 0 Å². The van der Waals surface area contributed by atoms with Gasteiger partial charge in [0.05, 0.1) is 12.6 Å². The van der Waals surface area contributed by atoms with Crippen LogP contribution in [0.4, 0.5) is 5.95 Å². The third-order valence-electron chi connectivity index (χ3n) is 2.27. The zero-order chi connectivity index (χ0) is 10.6. The van der Waals surface area contributed by atoms with Crippen molar-refractivity contribution in [3.8, 4) is 0 Å². The molecule has 0 aliphatic rings. The van der Waals surface area contributed by atoms with Crippen LogP contribution in [-0.2, 0) is 0 Å². The van der Waals surface area contributed by atoms with E-state index in [1.165, 1.54) is 0 Å². The molecular formula is C10H17N3O. The average Bonchev–Trinajstić information content (AvgIpc) is 2.19. The number of hydrogen-bond acceptors (Lipinski definition) is 4. The summed E-state index contributed by atoms with van der Waals surface area (Å²) in [6.07, 6.45) is 2.64. The van der Waals surface area contributed by atoms with Crippen LogP contribution in [-0.4, -0.2) is 27.7 Å². The van der Waals surface area contributed by atoms with E-state index in [1.807, 2.05) is 20.8 Å². The largest absolute Gasteiger partial charge is 0.394 e. The lowest BCUT2D eigenvalue weighted by molar-refractivity contribution is 0.271. The number of aryl methyl sites for hydroxylation is 2. The van der Waals surface area contributed by atoms with Crippen LogP contribution in [0, 0.1) is 13.8 Å². The van der Waals surface area contributed by atoms with Crippen molar-refractivity contribution >= 4 is 5.95 Å². The molecule has 4 heteroatoms. The summed E-state index contributed by atoms with van der Waals surface area (Å²) in [5.74, 6) is 0.592. The molecular weight excluding hydrogens is 178 g/mol. The molecule has 1 aromatic rings. The lowest BCUT2D eigenvalue weighted by Crippen LogP contribution is -2.24. The lowest BCUT2D eigenvalue weighted by atomic mass is 10.2. The van der Waals surface area contributed by atoms with Crippen LogP contribution in [0.3, 0.4) is 0 Å². The zero-order valence-electron chi connectivity index (χ0n) is 8.91. The number of rotatable bonds is 4. The van der Waals surface area contributed by atoms with Gasteiger partial charge in [0.15, 0.2) is 0 Å². The highest BCUT2D eigenvalue weighted by molar-refractivity contribution is 5.29. The van der Waals surface area contributed by atoms with E-state index in [4.69, 9.17) is 5.11 Å². The van der Waals surface area contributed by atoms with E-state index in [0.717, 1.165) is 17.7 Å². The van der Waals surface area contributed by atoms with Crippen molar-refractivity contribution in [2.45, 2.75) is 33.2 Å². The quantitative estimate of drug-likeness (QED) is 0.759. The first-order valence-electron chi connectivity index (χ1n) is 4.85. The molecule has 0 bridgehead atoms. The number of aromatic nitrogens is 2. The van der Waals surface area contributed by atoms with Gasteiger partial charge in [0.1, 0.15) is 0 Å². The number of anilines is 1. The highest BCUT2D eigenvalue weighted by Crippen LogP contribution is 2.07. The summed E-state index contributed by atoms with van der Waals surface area (Å²) in [6, 6.07) is 0.0390. The Morgan fingerprint density at radius 3 is 2.71 bits per heavy atom. The maximum atomic E-state index is 8.99. The SMILES string of the molecule is CCC(CO)Nc1ncc(C)c(C)n1. The van der Waals surface area contributed by atoms with Gasteiger partial charge in [-0.15, -0.1) is 0 Å². The Labute approximate surface area is 84.4 Å². The summed E-state index contributed by atoms with van der Waals surface area (Å²) >= 11 is 0. The molecule has 78 valence electrons. The Balaban J connectivity index is 2.72. The number of hydrogen-bond donors (Lipinski definition) is 2. The van der Waals surface area contributed by atoms with Crippen molar-refractivity contribution in [1.29, 1.82) is 0 Å². The second-order valence-electron chi connectivity index (χ2n) is 3.39. The fraction of sp³-hybridized carbons (Fsp3) is 0.600. The highest BCUT2D eigenvalue weighted by atomic mass is 16.3. The van der Waals surface area contributed by atoms with Crippen LogP contribution in [0.2, 0.25) is 0 Å². The van der Waals surface area contributed by atoms with Gasteiger partial charge in [-0.1, -0.05) is 6.92 Å². The van der Waals surface area contributed by atoms with Gasteiger partial charge >= 0.3 is 0 Å². The van der Waals surface area contributed by atoms with Crippen molar-refractivity contribution in [2.75, 3.05) is 11.9 Å². The predicted octanol–water partition coefficient (Wildman–Crippen LogP) is 1.28. The minimum atomic E-state index is 0.0390. The van der Waals surface area contributed by atoms with Crippen molar-refractivity contribution in [3.05, 3.63) is 17.5 Å². The van der Waals surface area contributed by atoms with E-state index < -0.39 is 0 Å². The van der Waals surface area contributed by atoms with Crippen LogP contribution >= 0.6 is 0 Å². The van der Waals surface area contributed by atoms with Gasteiger partial charge in [0, 0.05) is 11.9 Å². The number of nitrogens with zero attached hydrogens (tertiary/aromatic N) is 2. The first-order chi connectivity index (χ1) is 6.67. The molecule has 0 fully saturated rings. The van der Waals surface area contributed by atoms with Gasteiger partial charge in [-0.05, 0) is 25.8 Å². The van der Waals surface area contributed by atoms with Gasteiger partial charge in [-0.2, -0.15) is 0 Å². The third-order valence-corrected chi connectivity index (χ3v) is 2.27. The smallest absolute Gasteiger partial charge is 0.223 e. The fourth-order valence-corrected chi connectivity index (χ4v) is 1.06. The van der Waals surface area contributed by atoms with E-state index in [0.29, 0.717) is 5.95 Å². The van der Waals surface area contributed by atoms with Gasteiger partial charge < -0.3 is 10.4 Å². The Kier molecular flexibility index (Phi) is 3.83. The summed E-state index contributed by atoms with van der Waals surface area (Å²) < 4.78 is 0. The van der Waals surface area contributed by atoms with Crippen LogP contribution in [0.15, 0.2) is 6.20 Å². The molecule has 1 aromatic heterocycles. The molecule has 0 saturated heterocycles. The minimum absolute atomic E-state index is 0.0390. The van der Waals surface area contributed by atoms with Gasteiger partial charge in [0.25, 0.3) is 0 Å². The molecule has 1 heterocycles. The average molecular weight is 195 g/mol. The minimum Gasteiger partial charge on any atom is -0.394 e. The Morgan fingerprint density at radius 1 is 1.50 bits per heavy atom. The Hall–Kier alpha value is -1.16. The molecule has 0 aliphatic heterocycles. The van der Waals surface area contributed by atoms with E-state index in [-0.39, 0.29) is 12.6 Å². The van der Waals surface area contributed by atoms with Gasteiger partial charge in [-0.3, -0.25) is 0 Å². The monoisotopic (exact) mass is 195 g/mol. The fourth-order valence-electron chi connectivity index (χ4n) is 1.06. The molecule has 14 heavy (non-hydrogen) atoms. The van der Waals surface area contributed by atoms with Crippen molar-refractivity contribution < 1.29 is 5.11 Å². The summed E-state index contributed by atoms with van der Waals surface area (Å²) in [5, 5.41) is 12.1. The highest BCUT2D eigenvalue weighted by Gasteiger charge is 2.06. The molecule has 1 atom stereocenters.